The summed E-state index contributed by atoms with van der Waals surface area (Å²) in [4.78, 5) is 18.1. The van der Waals surface area contributed by atoms with Crippen LogP contribution in [-0.4, -0.2) is 29.0 Å². The van der Waals surface area contributed by atoms with E-state index in [4.69, 9.17) is 4.42 Å². The zero-order valence-corrected chi connectivity index (χ0v) is 12.0. The van der Waals surface area contributed by atoms with E-state index in [9.17, 15) is 4.79 Å². The lowest BCUT2D eigenvalue weighted by atomic mass is 10.2. The van der Waals surface area contributed by atoms with Crippen molar-refractivity contribution in [2.24, 2.45) is 0 Å². The molecule has 1 aliphatic rings. The topological polar surface area (TPSA) is 55.6 Å². The molecule has 0 bridgehead atoms. The van der Waals surface area contributed by atoms with Gasteiger partial charge in [0.15, 0.2) is 0 Å². The Morgan fingerprint density at radius 3 is 2.81 bits per heavy atom. The maximum Gasteiger partial charge on any atom is 0.339 e. The highest BCUT2D eigenvalue weighted by Crippen LogP contribution is 2.29. The van der Waals surface area contributed by atoms with E-state index in [0.29, 0.717) is 11.6 Å². The number of ether oxygens (including phenoxy) is 1. The predicted molar refractivity (Wildman–Crippen MR) is 76.6 cm³/mol. The van der Waals surface area contributed by atoms with Gasteiger partial charge in [-0.25, -0.2) is 4.79 Å². The Hall–Kier alpha value is -2.14. The van der Waals surface area contributed by atoms with Crippen LogP contribution in [-0.2, 0) is 17.8 Å². The summed E-state index contributed by atoms with van der Waals surface area (Å²) < 4.78 is 10.1. The molecule has 21 heavy (non-hydrogen) atoms. The summed E-state index contributed by atoms with van der Waals surface area (Å²) in [5.74, 6) is 0.608. The first kappa shape index (κ1) is 13.8. The molecule has 0 aromatic carbocycles. The van der Waals surface area contributed by atoms with Gasteiger partial charge in [-0.3, -0.25) is 9.88 Å². The van der Waals surface area contributed by atoms with Crippen molar-refractivity contribution < 1.29 is 13.9 Å². The molecule has 0 saturated heterocycles. The minimum Gasteiger partial charge on any atom is -0.468 e. The summed E-state index contributed by atoms with van der Waals surface area (Å²) in [6, 6.07) is 8.14. The zero-order valence-electron chi connectivity index (χ0n) is 12.0. The zero-order chi connectivity index (χ0) is 14.7. The summed E-state index contributed by atoms with van der Waals surface area (Å²) in [6.45, 7) is 1.55. The Labute approximate surface area is 123 Å². The summed E-state index contributed by atoms with van der Waals surface area (Å²) in [5.41, 5.74) is 1.42. The van der Waals surface area contributed by atoms with Crippen LogP contribution in [0.2, 0.25) is 0 Å². The van der Waals surface area contributed by atoms with Crippen LogP contribution < -0.4 is 0 Å². The van der Waals surface area contributed by atoms with Crippen molar-refractivity contribution in [3.63, 3.8) is 0 Å². The van der Waals surface area contributed by atoms with Gasteiger partial charge in [-0.05, 0) is 37.1 Å². The monoisotopic (exact) mass is 286 g/mol. The van der Waals surface area contributed by atoms with E-state index in [1.165, 1.54) is 20.0 Å². The molecule has 2 aromatic heterocycles. The predicted octanol–water partition coefficient (Wildman–Crippen LogP) is 2.63. The van der Waals surface area contributed by atoms with Crippen molar-refractivity contribution in [1.29, 1.82) is 0 Å². The average molecular weight is 286 g/mol. The third-order valence-electron chi connectivity index (χ3n) is 3.61. The van der Waals surface area contributed by atoms with E-state index >= 15 is 0 Å². The van der Waals surface area contributed by atoms with Crippen LogP contribution in [0.4, 0.5) is 0 Å². The van der Waals surface area contributed by atoms with E-state index in [0.717, 1.165) is 24.5 Å². The molecular formula is C16H18N2O3. The Morgan fingerprint density at radius 2 is 2.24 bits per heavy atom. The van der Waals surface area contributed by atoms with Crippen molar-refractivity contribution in [3.05, 3.63) is 53.7 Å². The number of nitrogens with zero attached hydrogens (tertiary/aromatic N) is 2. The standard InChI is InChI=1S/C16H18N2O3/c1-20-16(19)12-4-5-13(17-9-12)10-18(14-6-7-14)11-15-3-2-8-21-15/h2-5,8-9,14H,6-7,10-11H2,1H3. The van der Waals surface area contributed by atoms with Crippen molar-refractivity contribution in [2.75, 3.05) is 7.11 Å². The molecule has 0 unspecified atom stereocenters. The number of aromatic nitrogens is 1. The molecular weight excluding hydrogens is 268 g/mol. The van der Waals surface area contributed by atoms with Crippen LogP contribution in [0, 0.1) is 0 Å². The van der Waals surface area contributed by atoms with E-state index in [1.54, 1.807) is 18.5 Å². The lowest BCUT2D eigenvalue weighted by Gasteiger charge is -2.20. The highest BCUT2D eigenvalue weighted by Gasteiger charge is 2.29. The van der Waals surface area contributed by atoms with Gasteiger partial charge in [0, 0.05) is 18.8 Å². The number of pyridine rings is 1. The quantitative estimate of drug-likeness (QED) is 0.764. The van der Waals surface area contributed by atoms with Gasteiger partial charge in [0.25, 0.3) is 0 Å². The number of carbonyl (C=O) groups is 1. The number of methoxy groups -OCH3 is 1. The molecule has 0 radical (unpaired) electrons. The smallest absolute Gasteiger partial charge is 0.339 e. The lowest BCUT2D eigenvalue weighted by Crippen LogP contribution is -2.25. The molecule has 0 aliphatic heterocycles. The third-order valence-corrected chi connectivity index (χ3v) is 3.61. The van der Waals surface area contributed by atoms with E-state index in [1.807, 2.05) is 18.2 Å². The van der Waals surface area contributed by atoms with Gasteiger partial charge < -0.3 is 9.15 Å². The second kappa shape index (κ2) is 6.10. The minimum absolute atomic E-state index is 0.358. The summed E-state index contributed by atoms with van der Waals surface area (Å²) in [7, 11) is 1.37. The van der Waals surface area contributed by atoms with Crippen LogP contribution in [0.25, 0.3) is 0 Å². The Kier molecular flexibility index (Phi) is 4.01. The fourth-order valence-corrected chi connectivity index (χ4v) is 2.32. The van der Waals surface area contributed by atoms with Crippen molar-refractivity contribution in [1.82, 2.24) is 9.88 Å². The van der Waals surface area contributed by atoms with Gasteiger partial charge in [0.2, 0.25) is 0 Å². The molecule has 110 valence electrons. The van der Waals surface area contributed by atoms with Gasteiger partial charge in [-0.2, -0.15) is 0 Å². The number of hydrogen-bond donors (Lipinski definition) is 0. The van der Waals surface area contributed by atoms with Crippen LogP contribution >= 0.6 is 0 Å². The Balaban J connectivity index is 1.66. The molecule has 1 saturated carbocycles. The Morgan fingerprint density at radius 1 is 1.38 bits per heavy atom. The molecule has 2 heterocycles. The van der Waals surface area contributed by atoms with Crippen LogP contribution in [0.15, 0.2) is 41.1 Å². The Bertz CT molecular complexity index is 588. The highest BCUT2D eigenvalue weighted by molar-refractivity contribution is 5.88. The SMILES string of the molecule is COC(=O)c1ccc(CN(Cc2ccco2)C2CC2)nc1. The fraction of sp³-hybridized carbons (Fsp3) is 0.375. The molecule has 5 heteroatoms. The number of carbonyl (C=O) groups excluding carboxylic acids is 1. The summed E-state index contributed by atoms with van der Waals surface area (Å²) in [6.07, 6.45) is 5.71. The summed E-state index contributed by atoms with van der Waals surface area (Å²) in [5, 5.41) is 0. The normalized spacial score (nSPS) is 14.4. The number of furan rings is 1. The second-order valence-corrected chi connectivity index (χ2v) is 5.25. The third kappa shape index (κ3) is 3.49. The molecule has 3 rings (SSSR count). The molecule has 1 fully saturated rings. The molecule has 0 N–H and O–H groups in total. The molecule has 0 spiro atoms. The van der Waals surface area contributed by atoms with E-state index in [2.05, 4.69) is 14.6 Å². The van der Waals surface area contributed by atoms with Gasteiger partial charge in [0.1, 0.15) is 5.76 Å². The van der Waals surface area contributed by atoms with Crippen molar-refractivity contribution in [2.45, 2.75) is 32.0 Å². The molecule has 1 aliphatic carbocycles. The van der Waals surface area contributed by atoms with Crippen LogP contribution in [0.5, 0.6) is 0 Å². The molecule has 5 nitrogen and oxygen atoms in total. The first-order valence-electron chi connectivity index (χ1n) is 7.06. The largest absolute Gasteiger partial charge is 0.468 e. The lowest BCUT2D eigenvalue weighted by molar-refractivity contribution is 0.0600. The van der Waals surface area contributed by atoms with Gasteiger partial charge in [-0.15, -0.1) is 0 Å². The molecule has 2 aromatic rings. The van der Waals surface area contributed by atoms with Crippen molar-refractivity contribution in [3.8, 4) is 0 Å². The number of esters is 1. The average Bonchev–Trinajstić information content (AvgIpc) is 3.24. The first-order valence-corrected chi connectivity index (χ1v) is 7.06. The number of hydrogen-bond acceptors (Lipinski definition) is 5. The van der Waals surface area contributed by atoms with Crippen LogP contribution in [0.1, 0.15) is 34.7 Å². The van der Waals surface area contributed by atoms with E-state index in [-0.39, 0.29) is 5.97 Å². The van der Waals surface area contributed by atoms with Gasteiger partial charge >= 0.3 is 5.97 Å². The molecule has 0 atom stereocenters. The van der Waals surface area contributed by atoms with E-state index < -0.39 is 0 Å². The summed E-state index contributed by atoms with van der Waals surface area (Å²) >= 11 is 0. The van der Waals surface area contributed by atoms with Gasteiger partial charge in [0.05, 0.1) is 31.2 Å². The highest BCUT2D eigenvalue weighted by atomic mass is 16.5. The second-order valence-electron chi connectivity index (χ2n) is 5.25. The van der Waals surface area contributed by atoms with Gasteiger partial charge in [-0.1, -0.05) is 0 Å². The fourth-order valence-electron chi connectivity index (χ4n) is 2.32. The number of rotatable bonds is 6. The molecule has 0 amide bonds. The minimum atomic E-state index is -0.358. The maximum atomic E-state index is 11.4. The first-order chi connectivity index (χ1) is 10.3. The van der Waals surface area contributed by atoms with Crippen molar-refractivity contribution >= 4 is 5.97 Å². The van der Waals surface area contributed by atoms with Crippen LogP contribution in [0.3, 0.4) is 0 Å². The maximum absolute atomic E-state index is 11.4.